The molecule has 2 aromatic carbocycles. The summed E-state index contributed by atoms with van der Waals surface area (Å²) in [5.74, 6) is -2.22. The third-order valence-electron chi connectivity index (χ3n) is 6.31. The van der Waals surface area contributed by atoms with Gasteiger partial charge < -0.3 is 15.5 Å². The van der Waals surface area contributed by atoms with E-state index in [1.54, 1.807) is 0 Å². The lowest BCUT2D eigenvalue weighted by atomic mass is 10.00. The summed E-state index contributed by atoms with van der Waals surface area (Å²) in [6.45, 7) is 6.50. The van der Waals surface area contributed by atoms with Crippen LogP contribution in [0.1, 0.15) is 73.4 Å². The van der Waals surface area contributed by atoms with Gasteiger partial charge in [-0.3, -0.25) is 9.69 Å². The van der Waals surface area contributed by atoms with Gasteiger partial charge in [-0.15, -0.1) is 0 Å². The van der Waals surface area contributed by atoms with Crippen molar-refractivity contribution in [3.63, 3.8) is 0 Å². The number of carbonyl (C=O) groups excluding carboxylic acids is 1. The first-order chi connectivity index (χ1) is 17.9. The number of aryl methyl sites for hydroxylation is 1. The molecule has 0 amide bonds. The number of hydrogen-bond acceptors (Lipinski definition) is 5. The Labute approximate surface area is 220 Å². The number of ketones is 1. The highest BCUT2D eigenvalue weighted by atomic mass is 16.4. The molecule has 2 aromatic rings. The molecule has 0 atom stereocenters. The molecule has 0 aromatic heterocycles. The smallest absolute Gasteiger partial charge is 0.328 e. The molecule has 3 N–H and O–H groups in total. The minimum Gasteiger partial charge on any atom is -0.478 e. The van der Waals surface area contributed by atoms with E-state index < -0.39 is 11.9 Å². The van der Waals surface area contributed by atoms with Crippen molar-refractivity contribution in [2.45, 2.75) is 64.8 Å². The Hall–Kier alpha value is -3.45. The zero-order valence-electron chi connectivity index (χ0n) is 21.8. The molecular weight excluding hydrogens is 468 g/mol. The molecule has 0 unspecified atom stereocenters. The summed E-state index contributed by atoms with van der Waals surface area (Å²) in [6.07, 6.45) is 9.88. The maximum absolute atomic E-state index is 12.6. The number of nitrogens with zero attached hydrogens (tertiary/aromatic N) is 1. The summed E-state index contributed by atoms with van der Waals surface area (Å²) in [5, 5.41) is 19.1. The molecule has 0 saturated carbocycles. The maximum atomic E-state index is 12.6. The summed E-state index contributed by atoms with van der Waals surface area (Å²) in [5.41, 5.74) is 4.79. The van der Waals surface area contributed by atoms with Crippen molar-refractivity contribution in [3.05, 3.63) is 77.4 Å². The zero-order valence-corrected chi connectivity index (χ0v) is 21.8. The van der Waals surface area contributed by atoms with Crippen LogP contribution in [0.4, 0.5) is 5.69 Å². The molecule has 37 heavy (non-hydrogen) atoms. The number of Topliss-reactive ketones (excluding diaryl/α,β-unsaturated/α-hetero) is 1. The number of benzene rings is 2. The molecule has 0 saturated heterocycles. The average molecular weight is 509 g/mol. The Balaban J connectivity index is 0.000000521. The molecule has 1 heterocycles. The second-order valence-electron chi connectivity index (χ2n) is 9.21. The summed E-state index contributed by atoms with van der Waals surface area (Å²) in [7, 11) is 0. The molecule has 0 aliphatic carbocycles. The molecule has 7 heteroatoms. The third kappa shape index (κ3) is 12.4. The van der Waals surface area contributed by atoms with Crippen LogP contribution in [0.5, 0.6) is 0 Å². The fourth-order valence-corrected chi connectivity index (χ4v) is 4.25. The van der Waals surface area contributed by atoms with Gasteiger partial charge in [0.25, 0.3) is 0 Å². The number of anilines is 1. The standard InChI is InChI=1S/C26H36N2O.C4H4O4/c1-2-28(21-22-12-6-5-7-13-22)19-11-4-3-8-15-26(29)24-17-16-23-14-9-10-18-27-25(23)20-24;5-3(6)1-2-4(7)8/h5-7,12-13,16-17,20,27H,2-4,8-11,14-15,18-19,21H2,1H3;1-2H,(H,5,6)(H,7,8). The largest absolute Gasteiger partial charge is 0.478 e. The number of carbonyl (C=O) groups is 3. The molecule has 3 rings (SSSR count). The van der Waals surface area contributed by atoms with Crippen molar-refractivity contribution < 1.29 is 24.6 Å². The first kappa shape index (κ1) is 29.8. The van der Waals surface area contributed by atoms with Gasteiger partial charge in [0.2, 0.25) is 0 Å². The van der Waals surface area contributed by atoms with Crippen LogP contribution in [0.2, 0.25) is 0 Å². The van der Waals surface area contributed by atoms with Gasteiger partial charge in [0.05, 0.1) is 0 Å². The van der Waals surface area contributed by atoms with Gasteiger partial charge in [-0.2, -0.15) is 0 Å². The monoisotopic (exact) mass is 508 g/mol. The minimum absolute atomic E-state index is 0.290. The van der Waals surface area contributed by atoms with Crippen LogP contribution in [0.15, 0.2) is 60.7 Å². The number of aliphatic carboxylic acids is 2. The molecule has 1 aliphatic heterocycles. The van der Waals surface area contributed by atoms with E-state index in [0.29, 0.717) is 18.6 Å². The second-order valence-corrected chi connectivity index (χ2v) is 9.21. The van der Waals surface area contributed by atoms with Crippen molar-refractivity contribution in [2.75, 3.05) is 25.0 Å². The maximum Gasteiger partial charge on any atom is 0.328 e. The van der Waals surface area contributed by atoms with Crippen LogP contribution in [0.25, 0.3) is 0 Å². The van der Waals surface area contributed by atoms with Crippen molar-refractivity contribution >= 4 is 23.4 Å². The lowest BCUT2D eigenvalue weighted by Crippen LogP contribution is -2.23. The van der Waals surface area contributed by atoms with Crippen LogP contribution in [0, 0.1) is 0 Å². The van der Waals surface area contributed by atoms with Crippen LogP contribution in [0.3, 0.4) is 0 Å². The molecule has 1 aliphatic rings. The predicted molar refractivity (Wildman–Crippen MR) is 147 cm³/mol. The van der Waals surface area contributed by atoms with Crippen LogP contribution < -0.4 is 5.32 Å². The number of carboxylic acid groups (broad SMARTS) is 2. The van der Waals surface area contributed by atoms with Crippen LogP contribution in [-0.4, -0.2) is 52.5 Å². The number of hydrogen-bond donors (Lipinski definition) is 3. The van der Waals surface area contributed by atoms with Gasteiger partial charge in [-0.1, -0.05) is 62.2 Å². The molecule has 0 radical (unpaired) electrons. The SMILES string of the molecule is CCN(CCCCCCC(=O)c1ccc2c(c1)NCCCC2)Cc1ccccc1.O=C(O)C=CC(=O)O. The Morgan fingerprint density at radius 2 is 1.62 bits per heavy atom. The third-order valence-corrected chi connectivity index (χ3v) is 6.31. The van der Waals surface area contributed by atoms with Crippen LogP contribution >= 0.6 is 0 Å². The number of rotatable bonds is 13. The summed E-state index contributed by atoms with van der Waals surface area (Å²) in [4.78, 5) is 34.2. The van der Waals surface area contributed by atoms with Gasteiger partial charge >= 0.3 is 11.9 Å². The molecule has 0 spiro atoms. The molecule has 0 fully saturated rings. The normalized spacial score (nSPS) is 12.7. The van der Waals surface area contributed by atoms with Gasteiger partial charge in [-0.05, 0) is 62.4 Å². The number of fused-ring (bicyclic) bond motifs is 1. The highest BCUT2D eigenvalue weighted by Gasteiger charge is 2.12. The molecular formula is C30H40N2O5. The topological polar surface area (TPSA) is 107 Å². The van der Waals surface area contributed by atoms with E-state index in [-0.39, 0.29) is 5.78 Å². The number of nitrogens with one attached hydrogen (secondary N) is 1. The fraction of sp³-hybridized carbons (Fsp3) is 0.433. The second kappa shape index (κ2) is 17.1. The number of carboxylic acids is 2. The molecule has 0 bridgehead atoms. The highest BCUT2D eigenvalue weighted by Crippen LogP contribution is 2.24. The van der Waals surface area contributed by atoms with E-state index >= 15 is 0 Å². The van der Waals surface area contributed by atoms with Gasteiger partial charge in [0, 0.05) is 42.9 Å². The molecule has 200 valence electrons. The van der Waals surface area contributed by atoms with Crippen molar-refractivity contribution in [1.29, 1.82) is 0 Å². The Bertz CT molecular complexity index is 1000. The highest BCUT2D eigenvalue weighted by molar-refractivity contribution is 5.97. The summed E-state index contributed by atoms with van der Waals surface area (Å²) in [6, 6.07) is 16.9. The lowest BCUT2D eigenvalue weighted by molar-refractivity contribution is -0.134. The first-order valence-electron chi connectivity index (χ1n) is 13.2. The summed E-state index contributed by atoms with van der Waals surface area (Å²) >= 11 is 0. The number of unbranched alkanes of at least 4 members (excludes halogenated alkanes) is 3. The van der Waals surface area contributed by atoms with Gasteiger partial charge in [0.1, 0.15) is 0 Å². The molecule has 7 nitrogen and oxygen atoms in total. The van der Waals surface area contributed by atoms with E-state index in [2.05, 4.69) is 59.6 Å². The van der Waals surface area contributed by atoms with E-state index in [9.17, 15) is 14.4 Å². The zero-order chi connectivity index (χ0) is 26.9. The van der Waals surface area contributed by atoms with Gasteiger partial charge in [-0.25, -0.2) is 9.59 Å². The minimum atomic E-state index is -1.26. The fourth-order valence-electron chi connectivity index (χ4n) is 4.25. The average Bonchev–Trinajstić information content (AvgIpc) is 3.14. The first-order valence-corrected chi connectivity index (χ1v) is 13.2. The van der Waals surface area contributed by atoms with Crippen molar-refractivity contribution in [2.24, 2.45) is 0 Å². The lowest BCUT2D eigenvalue weighted by Gasteiger charge is -2.20. The summed E-state index contributed by atoms with van der Waals surface area (Å²) < 4.78 is 0. The van der Waals surface area contributed by atoms with E-state index in [4.69, 9.17) is 10.2 Å². The van der Waals surface area contributed by atoms with Crippen molar-refractivity contribution in [1.82, 2.24) is 4.90 Å². The quantitative estimate of drug-likeness (QED) is 0.178. The Kier molecular flexibility index (Phi) is 13.7. The van der Waals surface area contributed by atoms with Crippen LogP contribution in [-0.2, 0) is 22.6 Å². The Morgan fingerprint density at radius 3 is 2.30 bits per heavy atom. The van der Waals surface area contributed by atoms with E-state index in [1.807, 2.05) is 6.07 Å². The predicted octanol–water partition coefficient (Wildman–Crippen LogP) is 5.80. The van der Waals surface area contributed by atoms with E-state index in [0.717, 1.165) is 51.0 Å². The van der Waals surface area contributed by atoms with Crippen molar-refractivity contribution in [3.8, 4) is 0 Å². The Morgan fingerprint density at radius 1 is 0.919 bits per heavy atom. The van der Waals surface area contributed by atoms with E-state index in [1.165, 1.54) is 42.5 Å². The van der Waals surface area contributed by atoms with Gasteiger partial charge in [0.15, 0.2) is 5.78 Å².